The van der Waals surface area contributed by atoms with Crippen molar-refractivity contribution in [1.82, 2.24) is 4.98 Å². The zero-order valence-electron chi connectivity index (χ0n) is 12.2. The number of nitrogens with zero attached hydrogens (tertiary/aromatic N) is 2. The first kappa shape index (κ1) is 14.8. The monoisotopic (exact) mass is 249 g/mol. The van der Waals surface area contributed by atoms with Crippen LogP contribution >= 0.6 is 0 Å². The van der Waals surface area contributed by atoms with Crippen LogP contribution in [0.25, 0.3) is 0 Å². The molecule has 0 spiro atoms. The Morgan fingerprint density at radius 1 is 1.28 bits per heavy atom. The van der Waals surface area contributed by atoms with E-state index >= 15 is 0 Å². The molecule has 0 bridgehead atoms. The van der Waals surface area contributed by atoms with Crippen LogP contribution in [-0.2, 0) is 0 Å². The van der Waals surface area contributed by atoms with Gasteiger partial charge < -0.3 is 10.2 Å². The molecule has 102 valence electrons. The van der Waals surface area contributed by atoms with E-state index in [1.807, 2.05) is 12.4 Å². The second-order valence-corrected chi connectivity index (χ2v) is 4.91. The molecule has 1 atom stereocenters. The van der Waals surface area contributed by atoms with Crippen LogP contribution in [0.3, 0.4) is 0 Å². The van der Waals surface area contributed by atoms with Gasteiger partial charge in [-0.3, -0.25) is 4.98 Å². The molecular weight excluding hydrogens is 222 g/mol. The molecule has 1 heterocycles. The highest BCUT2D eigenvalue weighted by atomic mass is 15.1. The summed E-state index contributed by atoms with van der Waals surface area (Å²) in [5, 5.41) is 3.39. The van der Waals surface area contributed by atoms with Gasteiger partial charge >= 0.3 is 0 Å². The Morgan fingerprint density at radius 2 is 2.06 bits per heavy atom. The fourth-order valence-electron chi connectivity index (χ4n) is 1.89. The van der Waals surface area contributed by atoms with Gasteiger partial charge in [0.15, 0.2) is 0 Å². The highest BCUT2D eigenvalue weighted by Crippen LogP contribution is 2.19. The van der Waals surface area contributed by atoms with Crippen LogP contribution in [0.1, 0.15) is 40.5 Å². The minimum absolute atomic E-state index is 0.720. The van der Waals surface area contributed by atoms with E-state index in [0.717, 1.165) is 37.7 Å². The number of hydrogen-bond acceptors (Lipinski definition) is 3. The molecule has 1 unspecified atom stereocenters. The zero-order chi connectivity index (χ0) is 13.4. The van der Waals surface area contributed by atoms with Crippen LogP contribution in [0, 0.1) is 5.92 Å². The van der Waals surface area contributed by atoms with Gasteiger partial charge in [-0.2, -0.15) is 0 Å². The molecule has 0 fully saturated rings. The Balaban J connectivity index is 2.72. The van der Waals surface area contributed by atoms with Crippen LogP contribution in [0.4, 0.5) is 11.4 Å². The van der Waals surface area contributed by atoms with E-state index in [4.69, 9.17) is 0 Å². The Morgan fingerprint density at radius 3 is 2.67 bits per heavy atom. The summed E-state index contributed by atoms with van der Waals surface area (Å²) in [4.78, 5) is 6.74. The number of rotatable bonds is 8. The lowest BCUT2D eigenvalue weighted by Crippen LogP contribution is -2.28. The largest absolute Gasteiger partial charge is 0.384 e. The molecule has 0 aliphatic carbocycles. The van der Waals surface area contributed by atoms with Crippen molar-refractivity contribution >= 4 is 11.4 Å². The van der Waals surface area contributed by atoms with Crippen molar-refractivity contribution in [3.8, 4) is 0 Å². The van der Waals surface area contributed by atoms with Gasteiger partial charge in [0.2, 0.25) is 0 Å². The van der Waals surface area contributed by atoms with Gasteiger partial charge in [-0.15, -0.1) is 0 Å². The SMILES string of the molecule is CCCNc1cncc(N(CC)CC(C)CC)c1. The van der Waals surface area contributed by atoms with E-state index in [1.165, 1.54) is 12.1 Å². The molecule has 1 rings (SSSR count). The third kappa shape index (κ3) is 4.55. The summed E-state index contributed by atoms with van der Waals surface area (Å²) in [6.45, 7) is 12.1. The Bertz CT molecular complexity index is 338. The highest BCUT2D eigenvalue weighted by molar-refractivity contribution is 5.55. The molecule has 0 saturated heterocycles. The normalized spacial score (nSPS) is 12.2. The Kier molecular flexibility index (Phi) is 6.55. The Labute approximate surface area is 112 Å². The molecule has 18 heavy (non-hydrogen) atoms. The molecule has 0 aliphatic heterocycles. The third-order valence-corrected chi connectivity index (χ3v) is 3.28. The smallest absolute Gasteiger partial charge is 0.0573 e. The summed E-state index contributed by atoms with van der Waals surface area (Å²) in [7, 11) is 0. The van der Waals surface area contributed by atoms with E-state index in [2.05, 4.69) is 49.0 Å². The molecule has 0 aliphatic rings. The molecule has 0 amide bonds. The van der Waals surface area contributed by atoms with Gasteiger partial charge in [0.1, 0.15) is 0 Å². The van der Waals surface area contributed by atoms with Crippen molar-refractivity contribution in [2.24, 2.45) is 5.92 Å². The quantitative estimate of drug-likeness (QED) is 0.760. The van der Waals surface area contributed by atoms with Gasteiger partial charge in [0, 0.05) is 19.6 Å². The fourth-order valence-corrected chi connectivity index (χ4v) is 1.89. The van der Waals surface area contributed by atoms with Gasteiger partial charge in [-0.05, 0) is 25.3 Å². The first-order valence-corrected chi connectivity index (χ1v) is 7.15. The van der Waals surface area contributed by atoms with Crippen LogP contribution in [0.5, 0.6) is 0 Å². The summed E-state index contributed by atoms with van der Waals surface area (Å²) in [6.07, 6.45) is 6.21. The molecule has 1 N–H and O–H groups in total. The maximum Gasteiger partial charge on any atom is 0.0573 e. The van der Waals surface area contributed by atoms with Crippen molar-refractivity contribution in [2.45, 2.75) is 40.5 Å². The van der Waals surface area contributed by atoms with Crippen LogP contribution in [-0.4, -0.2) is 24.6 Å². The molecule has 0 radical (unpaired) electrons. The molecule has 1 aromatic heterocycles. The summed E-state index contributed by atoms with van der Waals surface area (Å²) in [5.41, 5.74) is 2.34. The number of nitrogens with one attached hydrogen (secondary N) is 1. The van der Waals surface area contributed by atoms with Crippen molar-refractivity contribution < 1.29 is 0 Å². The first-order valence-electron chi connectivity index (χ1n) is 7.15. The first-order chi connectivity index (χ1) is 8.71. The summed E-state index contributed by atoms with van der Waals surface area (Å²) >= 11 is 0. The van der Waals surface area contributed by atoms with Crippen molar-refractivity contribution in [3.05, 3.63) is 18.5 Å². The number of aromatic nitrogens is 1. The maximum absolute atomic E-state index is 4.34. The molecule has 3 nitrogen and oxygen atoms in total. The van der Waals surface area contributed by atoms with E-state index in [1.54, 1.807) is 0 Å². The number of pyridine rings is 1. The average molecular weight is 249 g/mol. The van der Waals surface area contributed by atoms with Crippen molar-refractivity contribution in [1.29, 1.82) is 0 Å². The fraction of sp³-hybridized carbons (Fsp3) is 0.667. The van der Waals surface area contributed by atoms with E-state index in [-0.39, 0.29) is 0 Å². The van der Waals surface area contributed by atoms with Gasteiger partial charge in [0.25, 0.3) is 0 Å². The predicted octanol–water partition coefficient (Wildman–Crippen LogP) is 3.78. The lowest BCUT2D eigenvalue weighted by molar-refractivity contribution is 0.548. The van der Waals surface area contributed by atoms with Crippen molar-refractivity contribution in [3.63, 3.8) is 0 Å². The van der Waals surface area contributed by atoms with Gasteiger partial charge in [-0.25, -0.2) is 0 Å². The van der Waals surface area contributed by atoms with E-state index < -0.39 is 0 Å². The molecular formula is C15H27N3. The van der Waals surface area contributed by atoms with Crippen LogP contribution in [0.15, 0.2) is 18.5 Å². The number of anilines is 2. The maximum atomic E-state index is 4.34. The van der Waals surface area contributed by atoms with Gasteiger partial charge in [-0.1, -0.05) is 27.2 Å². The summed E-state index contributed by atoms with van der Waals surface area (Å²) < 4.78 is 0. The lowest BCUT2D eigenvalue weighted by Gasteiger charge is -2.26. The van der Waals surface area contributed by atoms with Crippen LogP contribution < -0.4 is 10.2 Å². The van der Waals surface area contributed by atoms with Crippen LogP contribution in [0.2, 0.25) is 0 Å². The minimum atomic E-state index is 0.720. The van der Waals surface area contributed by atoms with Crippen molar-refractivity contribution in [2.75, 3.05) is 29.9 Å². The zero-order valence-corrected chi connectivity index (χ0v) is 12.2. The summed E-state index contributed by atoms with van der Waals surface area (Å²) in [5.74, 6) is 0.720. The molecule has 1 aromatic rings. The second kappa shape index (κ2) is 7.96. The van der Waals surface area contributed by atoms with E-state index in [9.17, 15) is 0 Å². The molecule has 0 aromatic carbocycles. The molecule has 3 heteroatoms. The average Bonchev–Trinajstić information content (AvgIpc) is 2.42. The van der Waals surface area contributed by atoms with Gasteiger partial charge in [0.05, 0.1) is 23.8 Å². The number of hydrogen-bond donors (Lipinski definition) is 1. The standard InChI is InChI=1S/C15H27N3/c1-5-8-17-14-9-15(11-16-10-14)18(7-3)12-13(4)6-2/h9-11,13,17H,5-8,12H2,1-4H3. The predicted molar refractivity (Wildman–Crippen MR) is 80.4 cm³/mol. The second-order valence-electron chi connectivity index (χ2n) is 4.91. The van der Waals surface area contributed by atoms with E-state index in [0.29, 0.717) is 0 Å². The molecule has 0 saturated carbocycles. The Hall–Kier alpha value is -1.25. The lowest BCUT2D eigenvalue weighted by atomic mass is 10.1. The highest BCUT2D eigenvalue weighted by Gasteiger charge is 2.09. The summed E-state index contributed by atoms with van der Waals surface area (Å²) in [6, 6.07) is 2.20. The third-order valence-electron chi connectivity index (χ3n) is 3.28. The minimum Gasteiger partial charge on any atom is -0.384 e. The topological polar surface area (TPSA) is 28.2 Å².